The molecule has 1 rings (SSSR count). The molecule has 4 N–H and O–H groups in total. The van der Waals surface area contributed by atoms with Crippen LogP contribution in [0.15, 0.2) is 24.3 Å². The van der Waals surface area contributed by atoms with Crippen LogP contribution in [0.4, 0.5) is 0 Å². The smallest absolute Gasteiger partial charge is 0.303 e. The quantitative estimate of drug-likeness (QED) is 0.293. The minimum atomic E-state index is -0.801. The molecule has 1 aliphatic heterocycles. The van der Waals surface area contributed by atoms with Gasteiger partial charge in [0.2, 0.25) is 0 Å². The number of hydrogen-bond donors (Lipinski definition) is 4. The van der Waals surface area contributed by atoms with Crippen molar-refractivity contribution in [2.45, 2.75) is 95.2 Å². The Labute approximate surface area is 156 Å². The fourth-order valence-corrected chi connectivity index (χ4v) is 2.97. The Morgan fingerprint density at radius 2 is 2.00 bits per heavy atom. The minimum absolute atomic E-state index is 0.148. The van der Waals surface area contributed by atoms with Gasteiger partial charge in [-0.1, -0.05) is 50.5 Å². The van der Waals surface area contributed by atoms with Crippen molar-refractivity contribution in [3.8, 4) is 0 Å². The fraction of sp³-hybridized carbons (Fsp3) is 0.750. The third kappa shape index (κ3) is 9.48. The summed E-state index contributed by atoms with van der Waals surface area (Å²) >= 11 is 0. The van der Waals surface area contributed by atoms with E-state index < -0.39 is 30.4 Å². The third-order valence-electron chi connectivity index (χ3n) is 4.55. The number of carbonyl (C=O) groups is 1. The van der Waals surface area contributed by atoms with Gasteiger partial charge in [0.1, 0.15) is 6.10 Å². The van der Waals surface area contributed by atoms with Crippen LogP contribution in [0.1, 0.15) is 64.7 Å². The predicted octanol–water partition coefficient (Wildman–Crippen LogP) is 2.56. The van der Waals surface area contributed by atoms with Crippen molar-refractivity contribution < 1.29 is 30.0 Å². The average molecular weight is 370 g/mol. The average Bonchev–Trinajstić information content (AvgIpc) is 2.97. The highest BCUT2D eigenvalue weighted by Gasteiger charge is 2.36. The van der Waals surface area contributed by atoms with Crippen molar-refractivity contribution in [3.63, 3.8) is 0 Å². The van der Waals surface area contributed by atoms with E-state index in [9.17, 15) is 20.1 Å². The van der Waals surface area contributed by atoms with Gasteiger partial charge in [-0.05, 0) is 25.7 Å². The van der Waals surface area contributed by atoms with Crippen molar-refractivity contribution in [1.29, 1.82) is 0 Å². The van der Waals surface area contributed by atoms with E-state index in [4.69, 9.17) is 9.84 Å². The molecule has 1 saturated heterocycles. The lowest BCUT2D eigenvalue weighted by Gasteiger charge is -2.18. The normalized spacial score (nSPS) is 25.9. The van der Waals surface area contributed by atoms with Gasteiger partial charge in [-0.3, -0.25) is 4.79 Å². The van der Waals surface area contributed by atoms with E-state index in [0.29, 0.717) is 32.1 Å². The highest BCUT2D eigenvalue weighted by molar-refractivity contribution is 5.66. The molecular formula is C20H34O6. The molecule has 0 aromatic rings. The molecule has 1 aliphatic rings. The summed E-state index contributed by atoms with van der Waals surface area (Å²) in [4.78, 5) is 10.4. The Hall–Kier alpha value is -1.21. The molecule has 0 saturated carbocycles. The van der Waals surface area contributed by atoms with Crippen molar-refractivity contribution in [3.05, 3.63) is 24.3 Å². The first kappa shape index (κ1) is 22.8. The third-order valence-corrected chi connectivity index (χ3v) is 4.55. The lowest BCUT2D eigenvalue weighted by atomic mass is 10.0. The number of hydrogen-bond acceptors (Lipinski definition) is 5. The molecule has 0 aromatic carbocycles. The van der Waals surface area contributed by atoms with Gasteiger partial charge in [-0.25, -0.2) is 0 Å². The first-order chi connectivity index (χ1) is 12.4. The molecule has 0 bridgehead atoms. The van der Waals surface area contributed by atoms with Gasteiger partial charge in [-0.15, -0.1) is 0 Å². The number of aliphatic carboxylic acids is 1. The standard InChI is InChI=1S/C20H34O6/c1-2-3-6-10-16(22)19-14-17(23)18(26-19)13-12-15(21)9-7-4-5-8-11-20(24)25/h4,7,12-13,15-19,21-23H,2-3,5-6,8-11,14H2,1H3,(H,24,25)/b7-4-,13-12+/t15-,16-,17-,18-,19+/m1/s1. The molecular weight excluding hydrogens is 336 g/mol. The predicted molar refractivity (Wildman–Crippen MR) is 99.8 cm³/mol. The Bertz CT molecular complexity index is 448. The topological polar surface area (TPSA) is 107 Å². The van der Waals surface area contributed by atoms with Crippen LogP contribution in [0.25, 0.3) is 0 Å². The summed E-state index contributed by atoms with van der Waals surface area (Å²) in [5, 5.41) is 38.7. The Morgan fingerprint density at radius 3 is 2.69 bits per heavy atom. The zero-order chi connectivity index (χ0) is 19.4. The lowest BCUT2D eigenvalue weighted by molar-refractivity contribution is -0.137. The number of allylic oxidation sites excluding steroid dienone is 1. The second-order valence-electron chi connectivity index (χ2n) is 6.95. The molecule has 0 amide bonds. The maximum atomic E-state index is 10.4. The largest absolute Gasteiger partial charge is 0.481 e. The van der Waals surface area contributed by atoms with Crippen LogP contribution in [-0.4, -0.2) is 56.9 Å². The summed E-state index contributed by atoms with van der Waals surface area (Å²) in [6.45, 7) is 2.11. The van der Waals surface area contributed by atoms with Gasteiger partial charge < -0.3 is 25.2 Å². The summed E-state index contributed by atoms with van der Waals surface area (Å²) in [5.41, 5.74) is 0. The van der Waals surface area contributed by atoms with Gasteiger partial charge in [0.25, 0.3) is 0 Å². The maximum Gasteiger partial charge on any atom is 0.303 e. The molecule has 1 heterocycles. The highest BCUT2D eigenvalue weighted by Crippen LogP contribution is 2.26. The molecule has 0 aromatic heterocycles. The molecule has 150 valence electrons. The molecule has 26 heavy (non-hydrogen) atoms. The monoisotopic (exact) mass is 370 g/mol. The summed E-state index contributed by atoms with van der Waals surface area (Å²) in [5.74, 6) is -0.801. The van der Waals surface area contributed by atoms with E-state index in [1.807, 2.05) is 12.2 Å². The fourth-order valence-electron chi connectivity index (χ4n) is 2.97. The van der Waals surface area contributed by atoms with E-state index in [1.165, 1.54) is 0 Å². The van der Waals surface area contributed by atoms with Crippen LogP contribution in [-0.2, 0) is 9.53 Å². The van der Waals surface area contributed by atoms with Gasteiger partial charge in [0.15, 0.2) is 0 Å². The van der Waals surface area contributed by atoms with Gasteiger partial charge in [-0.2, -0.15) is 0 Å². The number of aliphatic hydroxyl groups is 3. The number of ether oxygens (including phenoxy) is 1. The van der Waals surface area contributed by atoms with Crippen molar-refractivity contribution in [2.75, 3.05) is 0 Å². The summed E-state index contributed by atoms with van der Waals surface area (Å²) in [6.07, 6.45) is 10.2. The van der Waals surface area contributed by atoms with Gasteiger partial charge in [0, 0.05) is 12.8 Å². The van der Waals surface area contributed by atoms with E-state index in [1.54, 1.807) is 12.2 Å². The van der Waals surface area contributed by atoms with Crippen LogP contribution in [0, 0.1) is 0 Å². The molecule has 1 fully saturated rings. The molecule has 0 unspecified atom stereocenters. The van der Waals surface area contributed by atoms with Crippen LogP contribution in [0.2, 0.25) is 0 Å². The molecule has 5 atom stereocenters. The van der Waals surface area contributed by atoms with Crippen molar-refractivity contribution in [2.24, 2.45) is 0 Å². The van der Waals surface area contributed by atoms with E-state index in [0.717, 1.165) is 19.3 Å². The number of carboxylic acid groups (broad SMARTS) is 1. The Morgan fingerprint density at radius 1 is 1.23 bits per heavy atom. The second-order valence-corrected chi connectivity index (χ2v) is 6.95. The van der Waals surface area contributed by atoms with Crippen LogP contribution in [0.3, 0.4) is 0 Å². The van der Waals surface area contributed by atoms with Gasteiger partial charge in [0.05, 0.1) is 24.4 Å². The van der Waals surface area contributed by atoms with Crippen molar-refractivity contribution >= 4 is 5.97 Å². The van der Waals surface area contributed by atoms with Gasteiger partial charge >= 0.3 is 5.97 Å². The second kappa shape index (κ2) is 13.0. The van der Waals surface area contributed by atoms with Crippen LogP contribution >= 0.6 is 0 Å². The summed E-state index contributed by atoms with van der Waals surface area (Å²) in [6, 6.07) is 0. The number of carboxylic acids is 1. The molecule has 0 spiro atoms. The first-order valence-electron chi connectivity index (χ1n) is 9.68. The molecule has 6 heteroatoms. The van der Waals surface area contributed by atoms with Crippen molar-refractivity contribution in [1.82, 2.24) is 0 Å². The number of unbranched alkanes of at least 4 members (excludes halogenated alkanes) is 3. The van der Waals surface area contributed by atoms with Crippen LogP contribution < -0.4 is 0 Å². The first-order valence-corrected chi connectivity index (χ1v) is 9.68. The highest BCUT2D eigenvalue weighted by atomic mass is 16.5. The zero-order valence-corrected chi connectivity index (χ0v) is 15.7. The van der Waals surface area contributed by atoms with E-state index >= 15 is 0 Å². The molecule has 6 nitrogen and oxygen atoms in total. The summed E-state index contributed by atoms with van der Waals surface area (Å²) in [7, 11) is 0. The number of aliphatic hydroxyl groups excluding tert-OH is 3. The Balaban J connectivity index is 2.29. The number of rotatable bonds is 13. The van der Waals surface area contributed by atoms with E-state index in [2.05, 4.69) is 6.92 Å². The Kier molecular flexibility index (Phi) is 11.4. The zero-order valence-electron chi connectivity index (χ0n) is 15.7. The minimum Gasteiger partial charge on any atom is -0.481 e. The van der Waals surface area contributed by atoms with Crippen LogP contribution in [0.5, 0.6) is 0 Å². The molecule has 0 aliphatic carbocycles. The SMILES string of the molecule is CCCCC[C@@H](O)[C@@H]1C[C@@H](O)[C@@H](/C=C/[C@H](O)C/C=C\CCCC(=O)O)O1. The summed E-state index contributed by atoms with van der Waals surface area (Å²) < 4.78 is 5.73. The molecule has 0 radical (unpaired) electrons. The lowest BCUT2D eigenvalue weighted by Crippen LogP contribution is -2.26. The maximum absolute atomic E-state index is 10.4. The van der Waals surface area contributed by atoms with E-state index in [-0.39, 0.29) is 12.5 Å².